The van der Waals surface area contributed by atoms with Crippen LogP contribution in [0.2, 0.25) is 0 Å². The van der Waals surface area contributed by atoms with E-state index >= 15 is 0 Å². The first kappa shape index (κ1) is 102. The molecule has 54 valence electrons. The number of halogens is 6. The summed E-state index contributed by atoms with van der Waals surface area (Å²) < 4.78 is 0. The van der Waals surface area contributed by atoms with Crippen molar-refractivity contribution in [2.45, 2.75) is 0 Å². The van der Waals surface area contributed by atoms with Gasteiger partial charge < -0.3 is 74.4 Å². The number of hydrogen-bond donors (Lipinski definition) is 0. The number of hydrogen-bond acceptors (Lipinski definition) is 0. The largest absolute Gasteiger partial charge is 3.00 e. The van der Waals surface area contributed by atoms with E-state index in [2.05, 4.69) is 0 Å². The van der Waals surface area contributed by atoms with Crippen molar-refractivity contribution in [2.24, 2.45) is 0 Å². The Kier molecular flexibility index (Phi) is 969. The van der Waals surface area contributed by atoms with Crippen LogP contribution in [-0.2, 0) is 0 Å². The quantitative estimate of drug-likeness (QED) is 0.356. The molecule has 8 heavy (non-hydrogen) atoms. The van der Waals surface area contributed by atoms with Gasteiger partial charge in [0.1, 0.15) is 0 Å². The summed E-state index contributed by atoms with van der Waals surface area (Å²) >= 11 is 0. The zero-order valence-corrected chi connectivity index (χ0v) is 11.0. The zero-order chi connectivity index (χ0) is 0. The summed E-state index contributed by atoms with van der Waals surface area (Å²) in [6, 6.07) is 0. The predicted octanol–water partition coefficient (Wildman–Crippen LogP) is -18.4. The van der Waals surface area contributed by atoms with Gasteiger partial charge in [0.15, 0.2) is 0 Å². The molecule has 0 aliphatic carbocycles. The maximum absolute atomic E-state index is 0. The summed E-state index contributed by atoms with van der Waals surface area (Å²) in [4.78, 5) is 0. The minimum absolute atomic E-state index is 0. The second-order valence-corrected chi connectivity index (χ2v) is 0. The molecule has 0 aliphatic rings. The summed E-state index contributed by atoms with van der Waals surface area (Å²) in [7, 11) is 0. The van der Waals surface area contributed by atoms with Crippen molar-refractivity contribution < 1.29 is 113 Å². The Bertz CT molecular complexity index is 8.49. The Morgan fingerprint density at radius 1 is 0.375 bits per heavy atom. The molecule has 0 N–H and O–H groups in total. The molecule has 0 nitrogen and oxygen atoms in total. The Morgan fingerprint density at radius 2 is 0.375 bits per heavy atom. The van der Waals surface area contributed by atoms with Crippen molar-refractivity contribution in [3.63, 3.8) is 0 Å². The van der Waals surface area contributed by atoms with Crippen LogP contribution < -0.4 is 74.4 Å². The van der Waals surface area contributed by atoms with Crippen molar-refractivity contribution in [1.29, 1.82) is 0 Å². The fraction of sp³-hybridized carbons (Fsp3) is 0. The van der Waals surface area contributed by atoms with E-state index in [4.69, 9.17) is 0 Å². The minimum Gasteiger partial charge on any atom is -1.00 e. The molecule has 0 aromatic heterocycles. The summed E-state index contributed by atoms with van der Waals surface area (Å²) in [6.45, 7) is 0. The first-order valence-corrected chi connectivity index (χ1v) is 0. The molecule has 0 bridgehead atoms. The Morgan fingerprint density at radius 3 is 0.375 bits per heavy atom. The van der Waals surface area contributed by atoms with Gasteiger partial charge in [-0.25, -0.2) is 0 Å². The average Bonchev–Trinajstić information content (AvgIpc) is 0. The van der Waals surface area contributed by atoms with Gasteiger partial charge in [-0.2, -0.15) is 0 Å². The molecule has 0 rings (SSSR count). The molecule has 0 saturated carbocycles. The molecule has 0 aromatic rings. The van der Waals surface area contributed by atoms with Gasteiger partial charge >= 0.3 is 56.0 Å². The smallest absolute Gasteiger partial charge is 1.00 e. The molecular weight excluding hydrogens is 399 g/mol. The summed E-state index contributed by atoms with van der Waals surface area (Å²) in [5.74, 6) is 0. The van der Waals surface area contributed by atoms with Gasteiger partial charge in [-0.15, -0.1) is 0 Å². The van der Waals surface area contributed by atoms with E-state index in [-0.39, 0.29) is 130 Å². The van der Waals surface area contributed by atoms with Crippen molar-refractivity contribution in [3.8, 4) is 0 Å². The van der Waals surface area contributed by atoms with Crippen LogP contribution in [-0.4, -0.2) is 17.4 Å². The predicted molar refractivity (Wildman–Crippen MR) is 5.75 cm³/mol. The SMILES string of the molecule is [Al+3].[Cl-].[Cl-].[Cl-].[Cl-].[Cl-].[Cl-].[Tb+3]. The second-order valence-electron chi connectivity index (χ2n) is 0. The van der Waals surface area contributed by atoms with E-state index < -0.39 is 0 Å². The first-order chi connectivity index (χ1) is 0. The van der Waals surface area contributed by atoms with Crippen LogP contribution in [0.3, 0.4) is 0 Å². The van der Waals surface area contributed by atoms with Crippen molar-refractivity contribution in [3.05, 3.63) is 0 Å². The fourth-order valence-electron chi connectivity index (χ4n) is 0. The van der Waals surface area contributed by atoms with Gasteiger partial charge in [-0.05, 0) is 0 Å². The molecule has 0 atom stereocenters. The van der Waals surface area contributed by atoms with Crippen molar-refractivity contribution >= 4 is 17.4 Å². The molecule has 8 heteroatoms. The van der Waals surface area contributed by atoms with E-state index in [1.165, 1.54) is 0 Å². The van der Waals surface area contributed by atoms with Gasteiger partial charge in [0.25, 0.3) is 0 Å². The van der Waals surface area contributed by atoms with Crippen LogP contribution in [0.15, 0.2) is 0 Å². The van der Waals surface area contributed by atoms with E-state index in [1.54, 1.807) is 0 Å². The Labute approximate surface area is 128 Å². The van der Waals surface area contributed by atoms with Crippen molar-refractivity contribution in [1.82, 2.24) is 0 Å². The van der Waals surface area contributed by atoms with Crippen LogP contribution in [0.4, 0.5) is 0 Å². The van der Waals surface area contributed by atoms with Gasteiger partial charge in [-0.3, -0.25) is 0 Å². The molecule has 0 aromatic carbocycles. The Balaban J connectivity index is 0. The maximum Gasteiger partial charge on any atom is 3.00 e. The standard InChI is InChI=1S/Al.6ClH.Tb/h;6*1H;/q+3;;;;;;;+3/p-6. The summed E-state index contributed by atoms with van der Waals surface area (Å²) in [5.41, 5.74) is 0. The fourth-order valence-corrected chi connectivity index (χ4v) is 0. The third-order valence-electron chi connectivity index (χ3n) is 0. The van der Waals surface area contributed by atoms with Crippen molar-refractivity contribution in [2.75, 3.05) is 0 Å². The molecule has 0 spiro atoms. The molecule has 0 radical (unpaired) electrons. The Hall–Kier alpha value is 3.56. The van der Waals surface area contributed by atoms with Crippen LogP contribution in [0.1, 0.15) is 0 Å². The normalized spacial score (nSPS) is 0. The van der Waals surface area contributed by atoms with Crippen LogP contribution >= 0.6 is 0 Å². The van der Waals surface area contributed by atoms with Gasteiger partial charge in [-0.1, -0.05) is 0 Å². The van der Waals surface area contributed by atoms with Gasteiger partial charge in [0.05, 0.1) is 0 Å². The molecule has 0 amide bonds. The minimum atomic E-state index is 0. The third kappa shape index (κ3) is 55.3. The zero-order valence-electron chi connectivity index (χ0n) is 3.18. The van der Waals surface area contributed by atoms with Crippen LogP contribution in [0, 0.1) is 38.6 Å². The summed E-state index contributed by atoms with van der Waals surface area (Å²) in [5, 5.41) is 0. The van der Waals surface area contributed by atoms with E-state index in [1.807, 2.05) is 0 Å². The number of rotatable bonds is 0. The topological polar surface area (TPSA) is 0 Å². The van der Waals surface area contributed by atoms with Gasteiger partial charge in [0.2, 0.25) is 0 Å². The molecule has 0 aliphatic heterocycles. The second kappa shape index (κ2) is 76.2. The summed E-state index contributed by atoms with van der Waals surface area (Å²) in [6.07, 6.45) is 0. The molecule has 0 fully saturated rings. The first-order valence-electron chi connectivity index (χ1n) is 0. The molecule has 0 saturated heterocycles. The third-order valence-corrected chi connectivity index (χ3v) is 0. The van der Waals surface area contributed by atoms with Crippen LogP contribution in [0.25, 0.3) is 0 Å². The van der Waals surface area contributed by atoms with Gasteiger partial charge in [0, 0.05) is 0 Å². The molecule has 0 heterocycles. The van der Waals surface area contributed by atoms with E-state index in [0.29, 0.717) is 0 Å². The maximum atomic E-state index is 0. The average molecular weight is 399 g/mol. The van der Waals surface area contributed by atoms with E-state index in [0.717, 1.165) is 0 Å². The van der Waals surface area contributed by atoms with E-state index in [9.17, 15) is 0 Å². The molecular formula is AlCl6Tb. The monoisotopic (exact) mass is 396 g/mol. The molecule has 0 unspecified atom stereocenters. The van der Waals surface area contributed by atoms with Crippen LogP contribution in [0.5, 0.6) is 0 Å².